The Morgan fingerprint density at radius 1 is 1.12 bits per heavy atom. The molecule has 0 saturated carbocycles. The zero-order valence-electron chi connectivity index (χ0n) is 14.9. The summed E-state index contributed by atoms with van der Waals surface area (Å²) < 4.78 is 83.4. The molecule has 1 N–H and O–H groups in total. The summed E-state index contributed by atoms with van der Waals surface area (Å²) in [6.07, 6.45) is -8.79. The molecule has 1 aromatic rings. The lowest BCUT2D eigenvalue weighted by Gasteiger charge is -2.38. The van der Waals surface area contributed by atoms with Gasteiger partial charge in [0.15, 0.2) is 0 Å². The number of nitrogens with one attached hydrogen (secondary N) is 1. The van der Waals surface area contributed by atoms with E-state index in [1.807, 2.05) is 6.92 Å². The van der Waals surface area contributed by atoms with Crippen molar-refractivity contribution in [1.29, 1.82) is 0 Å². The second kappa shape index (κ2) is 7.38. The monoisotopic (exact) mass is 383 g/mol. The first-order valence-corrected chi connectivity index (χ1v) is 8.46. The first-order chi connectivity index (χ1) is 11.8. The third-order valence-corrected chi connectivity index (χ3v) is 4.80. The van der Waals surface area contributed by atoms with Crippen molar-refractivity contribution in [3.05, 3.63) is 34.9 Å². The number of halogens is 6. The van der Waals surface area contributed by atoms with Crippen molar-refractivity contribution in [1.82, 2.24) is 5.32 Å². The molecule has 1 unspecified atom stereocenters. The van der Waals surface area contributed by atoms with Crippen molar-refractivity contribution in [2.45, 2.75) is 57.6 Å². The van der Waals surface area contributed by atoms with E-state index < -0.39 is 29.6 Å². The quantitative estimate of drug-likeness (QED) is 0.686. The molecule has 1 saturated heterocycles. The lowest BCUT2D eigenvalue weighted by atomic mass is 9.87. The molecule has 2 nitrogen and oxygen atoms in total. The number of benzene rings is 1. The van der Waals surface area contributed by atoms with Gasteiger partial charge < -0.3 is 10.1 Å². The average molecular weight is 383 g/mol. The summed E-state index contributed by atoms with van der Waals surface area (Å²) >= 11 is 0. The molecule has 0 aromatic heterocycles. The Labute approximate surface area is 148 Å². The predicted molar refractivity (Wildman–Crippen MR) is 85.6 cm³/mol. The van der Waals surface area contributed by atoms with Crippen molar-refractivity contribution >= 4 is 0 Å². The minimum Gasteiger partial charge on any atom is -0.372 e. The van der Waals surface area contributed by atoms with Gasteiger partial charge in [0.1, 0.15) is 0 Å². The summed E-state index contributed by atoms with van der Waals surface area (Å²) in [6.45, 7) is 6.52. The Morgan fingerprint density at radius 3 is 2.08 bits per heavy atom. The number of piperidine rings is 1. The highest BCUT2D eigenvalue weighted by Gasteiger charge is 2.37. The smallest absolute Gasteiger partial charge is 0.372 e. The molecule has 148 valence electrons. The lowest BCUT2D eigenvalue weighted by Crippen LogP contribution is -2.51. The van der Waals surface area contributed by atoms with Crippen LogP contribution in [-0.4, -0.2) is 18.7 Å². The van der Waals surface area contributed by atoms with Gasteiger partial charge in [-0.1, -0.05) is 6.92 Å². The number of hydrogen-bond acceptors (Lipinski definition) is 2. The molecule has 0 bridgehead atoms. The minimum absolute atomic E-state index is 0.127. The first kappa shape index (κ1) is 21.0. The molecule has 1 fully saturated rings. The standard InChI is InChI=1S/C18H23F6NO/c1-11-4-5-16(3,25-9-11)10-26-12(2)13-6-14(17(19,20)21)8-15(7-13)18(22,23)24/h6-8,11-12,25H,4-5,9-10H2,1-3H3/t11?,12-,16-/m1/s1. The molecule has 0 spiro atoms. The lowest BCUT2D eigenvalue weighted by molar-refractivity contribution is -0.143. The van der Waals surface area contributed by atoms with E-state index in [0.717, 1.165) is 31.5 Å². The van der Waals surface area contributed by atoms with E-state index in [0.29, 0.717) is 5.92 Å². The molecule has 0 radical (unpaired) electrons. The molecule has 26 heavy (non-hydrogen) atoms. The van der Waals surface area contributed by atoms with Crippen molar-refractivity contribution in [2.24, 2.45) is 5.92 Å². The van der Waals surface area contributed by atoms with E-state index in [-0.39, 0.29) is 23.8 Å². The Hall–Kier alpha value is -1.28. The van der Waals surface area contributed by atoms with E-state index in [1.54, 1.807) is 0 Å². The molecule has 1 heterocycles. The van der Waals surface area contributed by atoms with Gasteiger partial charge >= 0.3 is 12.4 Å². The zero-order valence-corrected chi connectivity index (χ0v) is 14.9. The summed E-state index contributed by atoms with van der Waals surface area (Å²) in [5.41, 5.74) is -3.13. The fraction of sp³-hybridized carbons (Fsp3) is 0.667. The summed E-state index contributed by atoms with van der Waals surface area (Å²) in [5.74, 6) is 0.526. The van der Waals surface area contributed by atoms with Crippen molar-refractivity contribution in [3.63, 3.8) is 0 Å². The van der Waals surface area contributed by atoms with Gasteiger partial charge in [-0.2, -0.15) is 26.3 Å². The number of ether oxygens (including phenoxy) is 1. The average Bonchev–Trinajstić information content (AvgIpc) is 2.54. The topological polar surface area (TPSA) is 21.3 Å². The second-order valence-electron chi connectivity index (χ2n) is 7.38. The third-order valence-electron chi connectivity index (χ3n) is 4.80. The highest BCUT2D eigenvalue weighted by Crippen LogP contribution is 2.38. The molecule has 3 atom stereocenters. The predicted octanol–water partition coefficient (Wildman–Crippen LogP) is 5.58. The van der Waals surface area contributed by atoms with Crippen molar-refractivity contribution < 1.29 is 31.1 Å². The maximum absolute atomic E-state index is 13.0. The molecule has 8 heteroatoms. The number of rotatable bonds is 4. The van der Waals surface area contributed by atoms with Crippen LogP contribution in [0.3, 0.4) is 0 Å². The molecule has 0 amide bonds. The van der Waals surface area contributed by atoms with Gasteiger partial charge in [-0.3, -0.25) is 0 Å². The highest BCUT2D eigenvalue weighted by molar-refractivity contribution is 5.34. The number of alkyl halides is 6. The third kappa shape index (κ3) is 5.36. The van der Waals surface area contributed by atoms with Crippen LogP contribution in [0.15, 0.2) is 18.2 Å². The maximum atomic E-state index is 13.0. The van der Waals surface area contributed by atoms with Crippen LogP contribution in [0, 0.1) is 5.92 Å². The SMILES string of the molecule is CC1CC[C@](C)(CO[C@H](C)c2cc(C(F)(F)F)cc(C(F)(F)F)c2)NC1. The summed E-state index contributed by atoms with van der Waals surface area (Å²) in [5, 5.41) is 3.34. The van der Waals surface area contributed by atoms with Gasteiger partial charge in [0.25, 0.3) is 0 Å². The Bertz CT molecular complexity index is 585. The maximum Gasteiger partial charge on any atom is 0.416 e. The van der Waals surface area contributed by atoms with Gasteiger partial charge in [0.2, 0.25) is 0 Å². The van der Waals surface area contributed by atoms with Crippen LogP contribution in [-0.2, 0) is 17.1 Å². The van der Waals surface area contributed by atoms with Crippen LogP contribution >= 0.6 is 0 Å². The highest BCUT2D eigenvalue weighted by atomic mass is 19.4. The Balaban J connectivity index is 2.18. The van der Waals surface area contributed by atoms with E-state index in [4.69, 9.17) is 4.74 Å². The zero-order chi connectivity index (χ0) is 19.8. The van der Waals surface area contributed by atoms with Crippen LogP contribution in [0.2, 0.25) is 0 Å². The van der Waals surface area contributed by atoms with Crippen LogP contribution in [0.4, 0.5) is 26.3 Å². The van der Waals surface area contributed by atoms with Gasteiger partial charge in [-0.15, -0.1) is 0 Å². The van der Waals surface area contributed by atoms with E-state index in [1.165, 1.54) is 6.92 Å². The summed E-state index contributed by atoms with van der Waals surface area (Å²) in [6, 6.07) is 1.57. The normalized spacial score (nSPS) is 26.0. The van der Waals surface area contributed by atoms with Crippen LogP contribution in [0.1, 0.15) is 56.4 Å². The van der Waals surface area contributed by atoms with Crippen molar-refractivity contribution in [2.75, 3.05) is 13.2 Å². The largest absolute Gasteiger partial charge is 0.416 e. The first-order valence-electron chi connectivity index (χ1n) is 8.46. The molecular formula is C18H23F6NO. The van der Waals surface area contributed by atoms with Gasteiger partial charge in [-0.05, 0) is 62.9 Å². The van der Waals surface area contributed by atoms with Crippen LogP contribution in [0.25, 0.3) is 0 Å². The summed E-state index contributed by atoms with van der Waals surface area (Å²) in [7, 11) is 0. The summed E-state index contributed by atoms with van der Waals surface area (Å²) in [4.78, 5) is 0. The van der Waals surface area contributed by atoms with Gasteiger partial charge in [0, 0.05) is 5.54 Å². The van der Waals surface area contributed by atoms with Gasteiger partial charge in [0.05, 0.1) is 23.8 Å². The number of hydrogen-bond donors (Lipinski definition) is 1. The fourth-order valence-electron chi connectivity index (χ4n) is 2.92. The van der Waals surface area contributed by atoms with Gasteiger partial charge in [-0.25, -0.2) is 0 Å². The minimum atomic E-state index is -4.86. The van der Waals surface area contributed by atoms with Crippen LogP contribution < -0.4 is 5.32 Å². The fourth-order valence-corrected chi connectivity index (χ4v) is 2.92. The molecular weight excluding hydrogens is 360 g/mol. The van der Waals surface area contributed by atoms with E-state index >= 15 is 0 Å². The molecule has 1 aliphatic rings. The Kier molecular flexibility index (Phi) is 5.97. The Morgan fingerprint density at radius 2 is 1.65 bits per heavy atom. The van der Waals surface area contributed by atoms with Crippen LogP contribution in [0.5, 0.6) is 0 Å². The molecule has 1 aliphatic heterocycles. The van der Waals surface area contributed by atoms with E-state index in [9.17, 15) is 26.3 Å². The van der Waals surface area contributed by atoms with E-state index in [2.05, 4.69) is 12.2 Å². The molecule has 1 aromatic carbocycles. The van der Waals surface area contributed by atoms with Crippen molar-refractivity contribution in [3.8, 4) is 0 Å². The molecule has 0 aliphatic carbocycles. The molecule has 2 rings (SSSR count). The second-order valence-corrected chi connectivity index (χ2v) is 7.38.